The molecule has 0 unspecified atom stereocenters. The van der Waals surface area contributed by atoms with E-state index in [1.54, 1.807) is 0 Å². The average Bonchev–Trinajstić information content (AvgIpc) is 2.21. The molecular weight excluding hydrogens is 348 g/mol. The Hall–Kier alpha value is -0.890. The molecule has 1 amide bonds. The molecule has 1 aromatic carbocycles. The number of benzene rings is 1. The van der Waals surface area contributed by atoms with Crippen LogP contribution >= 0.6 is 27.5 Å². The van der Waals surface area contributed by atoms with Gasteiger partial charge in [0.05, 0.1) is 5.02 Å². The maximum Gasteiger partial charge on any atom is 0.463 e. The van der Waals surface area contributed by atoms with E-state index in [0.29, 0.717) is 0 Å². The summed E-state index contributed by atoms with van der Waals surface area (Å²) in [6.07, 6.45) is -5.94. The van der Waals surface area contributed by atoms with Crippen molar-refractivity contribution in [2.75, 3.05) is 5.32 Å². The van der Waals surface area contributed by atoms with Gasteiger partial charge in [-0.1, -0.05) is 11.6 Å². The summed E-state index contributed by atoms with van der Waals surface area (Å²) in [7, 11) is 0. The van der Waals surface area contributed by atoms with Crippen molar-refractivity contribution in [2.45, 2.75) is 12.1 Å². The van der Waals surface area contributed by atoms with Crippen molar-refractivity contribution in [3.63, 3.8) is 0 Å². The topological polar surface area (TPSA) is 29.1 Å². The van der Waals surface area contributed by atoms with E-state index in [-0.39, 0.29) is 15.2 Å². The Bertz CT molecular complexity index is 477. The molecule has 0 aliphatic heterocycles. The molecule has 9 heteroatoms. The van der Waals surface area contributed by atoms with Crippen molar-refractivity contribution < 1.29 is 26.7 Å². The molecule has 100 valence electrons. The predicted molar refractivity (Wildman–Crippen MR) is 58.8 cm³/mol. The number of alkyl halides is 5. The molecule has 1 aromatic rings. The number of anilines is 1. The van der Waals surface area contributed by atoms with Crippen molar-refractivity contribution in [2.24, 2.45) is 0 Å². The molecule has 0 bridgehead atoms. The number of halogens is 7. The van der Waals surface area contributed by atoms with E-state index in [1.807, 2.05) is 0 Å². The highest BCUT2D eigenvalue weighted by Gasteiger charge is 2.63. The monoisotopic (exact) mass is 351 g/mol. The van der Waals surface area contributed by atoms with Crippen LogP contribution < -0.4 is 5.32 Å². The van der Waals surface area contributed by atoms with E-state index in [1.165, 1.54) is 11.4 Å². The highest BCUT2D eigenvalue weighted by molar-refractivity contribution is 9.10. The van der Waals surface area contributed by atoms with E-state index in [2.05, 4.69) is 15.9 Å². The molecule has 1 N–H and O–H groups in total. The second kappa shape index (κ2) is 5.00. The Morgan fingerprint density at radius 3 is 2.22 bits per heavy atom. The van der Waals surface area contributed by atoms with Gasteiger partial charge in [0.1, 0.15) is 0 Å². The van der Waals surface area contributed by atoms with Crippen molar-refractivity contribution >= 4 is 39.1 Å². The Kier molecular flexibility index (Phi) is 4.22. The van der Waals surface area contributed by atoms with Gasteiger partial charge in [-0.25, -0.2) is 0 Å². The van der Waals surface area contributed by atoms with Crippen LogP contribution in [0.1, 0.15) is 0 Å². The molecule has 0 saturated carbocycles. The normalized spacial score (nSPS) is 12.4. The second-order valence-corrected chi connectivity index (χ2v) is 4.42. The van der Waals surface area contributed by atoms with Crippen LogP contribution in [-0.2, 0) is 4.79 Å². The van der Waals surface area contributed by atoms with Crippen LogP contribution in [0.3, 0.4) is 0 Å². The first-order valence-corrected chi connectivity index (χ1v) is 5.44. The third-order valence-electron chi connectivity index (χ3n) is 1.82. The molecule has 0 aromatic heterocycles. The van der Waals surface area contributed by atoms with Gasteiger partial charge >= 0.3 is 18.0 Å². The average molecular weight is 352 g/mol. The summed E-state index contributed by atoms with van der Waals surface area (Å²) in [4.78, 5) is 10.8. The van der Waals surface area contributed by atoms with Crippen LogP contribution in [-0.4, -0.2) is 18.0 Å². The lowest BCUT2D eigenvalue weighted by molar-refractivity contribution is -0.267. The molecule has 0 saturated heterocycles. The summed E-state index contributed by atoms with van der Waals surface area (Å²) in [6.45, 7) is 0. The van der Waals surface area contributed by atoms with Crippen molar-refractivity contribution in [1.82, 2.24) is 0 Å². The lowest BCUT2D eigenvalue weighted by atomic mass is 10.2. The van der Waals surface area contributed by atoms with Crippen molar-refractivity contribution in [1.29, 1.82) is 0 Å². The summed E-state index contributed by atoms with van der Waals surface area (Å²) in [5, 5.41) is 1.68. The predicted octanol–water partition coefficient (Wildman–Crippen LogP) is 4.24. The number of carbonyl (C=O) groups excluding carboxylic acids is 1. The minimum Gasteiger partial charge on any atom is -0.320 e. The standard InChI is InChI=1S/C9H4BrClF5NO/c10-5-3-4(1-2-6(5)11)17-7(18)8(12,13)9(14,15)16/h1-3H,(H,17,18). The molecule has 0 spiro atoms. The number of hydrogen-bond donors (Lipinski definition) is 1. The van der Waals surface area contributed by atoms with Gasteiger partial charge in [0.15, 0.2) is 0 Å². The van der Waals surface area contributed by atoms with E-state index < -0.39 is 18.0 Å². The smallest absolute Gasteiger partial charge is 0.320 e. The highest BCUT2D eigenvalue weighted by atomic mass is 79.9. The zero-order valence-corrected chi connectivity index (χ0v) is 10.6. The lowest BCUT2D eigenvalue weighted by Crippen LogP contribution is -2.47. The summed E-state index contributed by atoms with van der Waals surface area (Å²) in [5.74, 6) is -7.91. The maximum absolute atomic E-state index is 12.6. The fraction of sp³-hybridized carbons (Fsp3) is 0.222. The Morgan fingerprint density at radius 1 is 1.22 bits per heavy atom. The van der Waals surface area contributed by atoms with Gasteiger partial charge in [0.25, 0.3) is 0 Å². The zero-order chi connectivity index (χ0) is 14.1. The van der Waals surface area contributed by atoms with E-state index in [9.17, 15) is 26.7 Å². The Balaban J connectivity index is 2.91. The van der Waals surface area contributed by atoms with Gasteiger partial charge in [-0.05, 0) is 34.1 Å². The summed E-state index contributed by atoms with van der Waals surface area (Å²) in [5.41, 5.74) is -0.236. The van der Waals surface area contributed by atoms with Crippen molar-refractivity contribution in [3.8, 4) is 0 Å². The van der Waals surface area contributed by atoms with Gasteiger partial charge in [-0.2, -0.15) is 22.0 Å². The van der Waals surface area contributed by atoms with Crippen molar-refractivity contribution in [3.05, 3.63) is 27.7 Å². The van der Waals surface area contributed by atoms with Gasteiger partial charge in [0.2, 0.25) is 0 Å². The van der Waals surface area contributed by atoms with Crippen LogP contribution in [0.4, 0.5) is 27.6 Å². The van der Waals surface area contributed by atoms with Gasteiger partial charge in [0, 0.05) is 10.2 Å². The third-order valence-corrected chi connectivity index (χ3v) is 3.03. The third kappa shape index (κ3) is 3.11. The molecule has 0 atom stereocenters. The van der Waals surface area contributed by atoms with Crippen LogP contribution in [0.15, 0.2) is 22.7 Å². The van der Waals surface area contributed by atoms with E-state index in [4.69, 9.17) is 11.6 Å². The fourth-order valence-electron chi connectivity index (χ4n) is 0.912. The van der Waals surface area contributed by atoms with E-state index in [0.717, 1.165) is 12.1 Å². The first-order chi connectivity index (χ1) is 8.05. The Morgan fingerprint density at radius 2 is 1.78 bits per heavy atom. The molecular formula is C9H4BrClF5NO. The van der Waals surface area contributed by atoms with Crippen LogP contribution in [0.25, 0.3) is 0 Å². The number of rotatable bonds is 2. The van der Waals surface area contributed by atoms with E-state index >= 15 is 0 Å². The number of nitrogens with one attached hydrogen (secondary N) is 1. The Labute approximate surface area is 111 Å². The quantitative estimate of drug-likeness (QED) is 0.793. The molecule has 2 nitrogen and oxygen atoms in total. The molecule has 0 fully saturated rings. The summed E-state index contributed by atoms with van der Waals surface area (Å²) < 4.78 is 61.1. The number of carbonyl (C=O) groups is 1. The first kappa shape index (κ1) is 15.2. The maximum atomic E-state index is 12.6. The minimum atomic E-state index is -5.94. The van der Waals surface area contributed by atoms with Gasteiger partial charge in [-0.3, -0.25) is 4.79 Å². The van der Waals surface area contributed by atoms with Crippen LogP contribution in [0.2, 0.25) is 5.02 Å². The number of amides is 1. The number of hydrogen-bond acceptors (Lipinski definition) is 1. The SMILES string of the molecule is O=C(Nc1ccc(Cl)c(Br)c1)C(F)(F)C(F)(F)F. The summed E-state index contributed by atoms with van der Waals surface area (Å²) in [6, 6.07) is 3.43. The van der Waals surface area contributed by atoms with Crippen LogP contribution in [0, 0.1) is 0 Å². The first-order valence-electron chi connectivity index (χ1n) is 4.27. The molecule has 0 aliphatic carbocycles. The van der Waals surface area contributed by atoms with Crippen LogP contribution in [0.5, 0.6) is 0 Å². The molecule has 0 radical (unpaired) electrons. The fourth-order valence-corrected chi connectivity index (χ4v) is 1.41. The zero-order valence-electron chi connectivity index (χ0n) is 8.29. The molecule has 1 rings (SSSR count). The van der Waals surface area contributed by atoms with Gasteiger partial charge in [-0.15, -0.1) is 0 Å². The molecule has 0 aliphatic rings. The van der Waals surface area contributed by atoms with Gasteiger partial charge < -0.3 is 5.32 Å². The molecule has 18 heavy (non-hydrogen) atoms. The largest absolute Gasteiger partial charge is 0.463 e. The second-order valence-electron chi connectivity index (χ2n) is 3.16. The molecule has 0 heterocycles. The lowest BCUT2D eigenvalue weighted by Gasteiger charge is -2.18. The summed E-state index contributed by atoms with van der Waals surface area (Å²) >= 11 is 8.52. The minimum absolute atomic E-state index is 0.218. The highest BCUT2D eigenvalue weighted by Crippen LogP contribution is 2.36.